The first-order chi connectivity index (χ1) is 13.8. The van der Waals surface area contributed by atoms with Crippen LogP contribution in [0.25, 0.3) is 0 Å². The smallest absolute Gasteiger partial charge is 0.247 e. The van der Waals surface area contributed by atoms with E-state index in [2.05, 4.69) is 20.7 Å². The van der Waals surface area contributed by atoms with Gasteiger partial charge in [-0.2, -0.15) is 10.1 Å². The lowest BCUT2D eigenvalue weighted by molar-refractivity contribution is -0.118. The van der Waals surface area contributed by atoms with E-state index in [1.807, 2.05) is 45.8 Å². The number of hydrogen-bond acceptors (Lipinski definition) is 7. The first-order valence-corrected chi connectivity index (χ1v) is 10.1. The summed E-state index contributed by atoms with van der Waals surface area (Å²) in [6.07, 6.45) is 3.76. The predicted molar refractivity (Wildman–Crippen MR) is 111 cm³/mol. The molecular weight excluding hydrogens is 370 g/mol. The zero-order valence-corrected chi connectivity index (χ0v) is 17.6. The van der Waals surface area contributed by atoms with Gasteiger partial charge in [-0.15, -0.1) is 0 Å². The minimum absolute atomic E-state index is 0.00216. The van der Waals surface area contributed by atoms with Crippen LogP contribution >= 0.6 is 0 Å². The lowest BCUT2D eigenvalue weighted by Crippen LogP contribution is -2.50. The van der Waals surface area contributed by atoms with Gasteiger partial charge in [0.1, 0.15) is 11.7 Å². The van der Waals surface area contributed by atoms with Crippen molar-refractivity contribution in [3.05, 3.63) is 18.0 Å². The maximum Gasteiger partial charge on any atom is 0.247 e. The highest BCUT2D eigenvalue weighted by Gasteiger charge is 2.36. The summed E-state index contributed by atoms with van der Waals surface area (Å²) in [6, 6.07) is 1.97. The third-order valence-corrected chi connectivity index (χ3v) is 5.78. The number of carbonyl (C=O) groups is 1. The summed E-state index contributed by atoms with van der Waals surface area (Å²) < 4.78 is 7.56. The number of amides is 1. The molecule has 2 aliphatic rings. The fourth-order valence-electron chi connectivity index (χ4n) is 4.16. The summed E-state index contributed by atoms with van der Waals surface area (Å²) in [7, 11) is 3.80. The van der Waals surface area contributed by atoms with E-state index in [0.717, 1.165) is 30.2 Å². The van der Waals surface area contributed by atoms with E-state index in [4.69, 9.17) is 9.72 Å². The van der Waals surface area contributed by atoms with Crippen LogP contribution in [0.15, 0.2) is 12.3 Å². The summed E-state index contributed by atoms with van der Waals surface area (Å²) in [4.78, 5) is 23.7. The normalized spacial score (nSPS) is 23.4. The quantitative estimate of drug-likeness (QED) is 0.768. The molecule has 0 saturated heterocycles. The Bertz CT molecular complexity index is 904. The number of aromatic nitrogens is 4. The molecule has 4 rings (SSSR count). The number of hydrogen-bond donors (Lipinski definition) is 2. The Morgan fingerprint density at radius 1 is 1.31 bits per heavy atom. The Balaban J connectivity index is 1.38. The molecule has 0 radical (unpaired) electrons. The van der Waals surface area contributed by atoms with Gasteiger partial charge in [0.15, 0.2) is 5.82 Å². The average molecular weight is 399 g/mol. The second kappa shape index (κ2) is 7.53. The van der Waals surface area contributed by atoms with E-state index in [-0.39, 0.29) is 17.9 Å². The molecule has 9 heteroatoms. The van der Waals surface area contributed by atoms with Gasteiger partial charge < -0.3 is 20.3 Å². The number of nitrogens with zero attached hydrogens (tertiary/aromatic N) is 5. The minimum Gasteiger partial charge on any atom is -0.478 e. The molecule has 0 aromatic carbocycles. The van der Waals surface area contributed by atoms with Gasteiger partial charge in [-0.1, -0.05) is 13.8 Å². The van der Waals surface area contributed by atoms with E-state index in [1.165, 1.54) is 0 Å². The van der Waals surface area contributed by atoms with Crippen LogP contribution < -0.4 is 20.3 Å². The molecule has 9 nitrogen and oxygen atoms in total. The molecule has 1 unspecified atom stereocenters. The maximum atomic E-state index is 12.4. The SMILES string of the molecule is Cc1nc(NC2CC(COc3ccnn3C)C2)nc2c1NC(=O)C(C(C)C)N2C. The van der Waals surface area contributed by atoms with Crippen molar-refractivity contribution in [3.63, 3.8) is 0 Å². The van der Waals surface area contributed by atoms with Gasteiger partial charge in [-0.05, 0) is 31.6 Å². The van der Waals surface area contributed by atoms with Gasteiger partial charge >= 0.3 is 0 Å². The molecule has 156 valence electrons. The predicted octanol–water partition coefficient (Wildman–Crippen LogP) is 2.20. The number of anilines is 3. The monoisotopic (exact) mass is 399 g/mol. The zero-order chi connectivity index (χ0) is 20.7. The Labute approximate surface area is 170 Å². The van der Waals surface area contributed by atoms with Gasteiger partial charge in [-0.3, -0.25) is 4.79 Å². The van der Waals surface area contributed by atoms with E-state index >= 15 is 0 Å². The second-order valence-corrected chi connectivity index (χ2v) is 8.40. The summed E-state index contributed by atoms with van der Waals surface area (Å²) in [5.74, 6) is 2.87. The molecule has 1 fully saturated rings. The number of nitrogens with one attached hydrogen (secondary N) is 2. The molecular formula is C20H29N7O2. The highest BCUT2D eigenvalue weighted by Crippen LogP contribution is 2.35. The highest BCUT2D eigenvalue weighted by molar-refractivity contribution is 6.03. The Morgan fingerprint density at radius 3 is 2.72 bits per heavy atom. The van der Waals surface area contributed by atoms with Gasteiger partial charge in [0.05, 0.1) is 18.5 Å². The van der Waals surface area contributed by atoms with Crippen molar-refractivity contribution in [2.45, 2.75) is 45.7 Å². The van der Waals surface area contributed by atoms with E-state index in [0.29, 0.717) is 30.2 Å². The van der Waals surface area contributed by atoms with Crippen molar-refractivity contribution in [2.75, 3.05) is 29.2 Å². The summed E-state index contributed by atoms with van der Waals surface area (Å²) in [6.45, 7) is 6.68. The van der Waals surface area contributed by atoms with Crippen LogP contribution in [0, 0.1) is 18.8 Å². The topological polar surface area (TPSA) is 97.2 Å². The highest BCUT2D eigenvalue weighted by atomic mass is 16.5. The number of likely N-dealkylation sites (N-methyl/N-ethyl adjacent to an activating group) is 1. The molecule has 0 spiro atoms. The maximum absolute atomic E-state index is 12.4. The van der Waals surface area contributed by atoms with Gasteiger partial charge in [0, 0.05) is 26.2 Å². The molecule has 2 N–H and O–H groups in total. The average Bonchev–Trinajstić information content (AvgIpc) is 3.02. The second-order valence-electron chi connectivity index (χ2n) is 8.40. The zero-order valence-electron chi connectivity index (χ0n) is 17.6. The summed E-state index contributed by atoms with van der Waals surface area (Å²) >= 11 is 0. The van der Waals surface area contributed by atoms with E-state index in [9.17, 15) is 4.79 Å². The fourth-order valence-corrected chi connectivity index (χ4v) is 4.16. The molecule has 0 bridgehead atoms. The van der Waals surface area contributed by atoms with E-state index in [1.54, 1.807) is 10.9 Å². The van der Waals surface area contributed by atoms with Gasteiger partial charge in [0.25, 0.3) is 0 Å². The lowest BCUT2D eigenvalue weighted by atomic mass is 9.81. The van der Waals surface area contributed by atoms with Crippen molar-refractivity contribution in [1.82, 2.24) is 19.7 Å². The van der Waals surface area contributed by atoms with Crippen molar-refractivity contribution in [2.24, 2.45) is 18.9 Å². The Kier molecular flexibility index (Phi) is 5.06. The number of ether oxygens (including phenoxy) is 1. The van der Waals surface area contributed by atoms with Crippen molar-refractivity contribution < 1.29 is 9.53 Å². The summed E-state index contributed by atoms with van der Waals surface area (Å²) in [5, 5.41) is 10.5. The van der Waals surface area contributed by atoms with Crippen LogP contribution in [0.5, 0.6) is 5.88 Å². The summed E-state index contributed by atoms with van der Waals surface area (Å²) in [5.41, 5.74) is 1.48. The number of carbonyl (C=O) groups excluding carboxylic acids is 1. The molecule has 2 aromatic heterocycles. The molecule has 3 heterocycles. The minimum atomic E-state index is -0.234. The first kappa shape index (κ1) is 19.5. The molecule has 1 aliphatic heterocycles. The molecule has 29 heavy (non-hydrogen) atoms. The standard InChI is InChI=1S/C20H29N7O2/c1-11(2)17-19(28)24-16-12(3)22-20(25-18(16)26(17)4)23-14-8-13(9-14)10-29-15-6-7-21-27(15)5/h6-7,11,13-14,17H,8-10H2,1-5H3,(H,24,28)(H,22,23,25). The Morgan fingerprint density at radius 2 is 2.07 bits per heavy atom. The van der Waals surface area contributed by atoms with Gasteiger partial charge in [0.2, 0.25) is 17.7 Å². The molecule has 1 saturated carbocycles. The van der Waals surface area contributed by atoms with Crippen LogP contribution in [0.1, 0.15) is 32.4 Å². The molecule has 1 aliphatic carbocycles. The van der Waals surface area contributed by atoms with Crippen LogP contribution in [0.3, 0.4) is 0 Å². The van der Waals surface area contributed by atoms with Crippen LogP contribution in [-0.2, 0) is 11.8 Å². The molecule has 2 aromatic rings. The number of aryl methyl sites for hydroxylation is 2. The fraction of sp³-hybridized carbons (Fsp3) is 0.600. The van der Waals surface area contributed by atoms with Gasteiger partial charge in [-0.25, -0.2) is 9.67 Å². The van der Waals surface area contributed by atoms with Crippen molar-refractivity contribution in [3.8, 4) is 5.88 Å². The van der Waals surface area contributed by atoms with Crippen LogP contribution in [0.4, 0.5) is 17.5 Å². The molecule has 1 amide bonds. The van der Waals surface area contributed by atoms with Crippen LogP contribution in [-0.4, -0.2) is 51.4 Å². The van der Waals surface area contributed by atoms with E-state index < -0.39 is 0 Å². The number of fused-ring (bicyclic) bond motifs is 1. The number of rotatable bonds is 6. The third kappa shape index (κ3) is 3.73. The first-order valence-electron chi connectivity index (χ1n) is 10.1. The lowest BCUT2D eigenvalue weighted by Gasteiger charge is -2.38. The Hall–Kier alpha value is -2.84. The third-order valence-electron chi connectivity index (χ3n) is 5.78. The molecule has 1 atom stereocenters. The van der Waals surface area contributed by atoms with Crippen molar-refractivity contribution >= 4 is 23.4 Å². The van der Waals surface area contributed by atoms with Crippen molar-refractivity contribution in [1.29, 1.82) is 0 Å². The largest absolute Gasteiger partial charge is 0.478 e. The van der Waals surface area contributed by atoms with Crippen LogP contribution in [0.2, 0.25) is 0 Å².